The topological polar surface area (TPSA) is 20.2 Å². The maximum atomic E-state index is 8.89. The maximum absolute atomic E-state index is 8.89. The average Bonchev–Trinajstić information content (AvgIpc) is 1.98. The molecule has 0 bridgehead atoms. The highest BCUT2D eigenvalue weighted by Gasteiger charge is 2.15. The SMILES string of the molecule is [B]C(O)[B]C(CC)[C@H](C)C=C. The summed E-state index contributed by atoms with van der Waals surface area (Å²) in [5.41, 5.74) is 0. The van der Waals surface area contributed by atoms with Gasteiger partial charge in [-0.15, -0.1) is 6.58 Å². The Labute approximate surface area is 71.5 Å². The van der Waals surface area contributed by atoms with Crippen molar-refractivity contribution in [3.8, 4) is 0 Å². The molecule has 11 heavy (non-hydrogen) atoms. The predicted octanol–water partition coefficient (Wildman–Crippen LogP) is 1.16. The van der Waals surface area contributed by atoms with Crippen LogP contribution in [0.1, 0.15) is 20.3 Å². The fourth-order valence-corrected chi connectivity index (χ4v) is 1.11. The van der Waals surface area contributed by atoms with Crippen LogP contribution in [0.3, 0.4) is 0 Å². The van der Waals surface area contributed by atoms with E-state index in [1.165, 1.54) is 0 Å². The van der Waals surface area contributed by atoms with E-state index in [-0.39, 0.29) is 0 Å². The Kier molecular flexibility index (Phi) is 5.39. The van der Waals surface area contributed by atoms with Gasteiger partial charge in [0.2, 0.25) is 0 Å². The Morgan fingerprint density at radius 1 is 1.73 bits per heavy atom. The van der Waals surface area contributed by atoms with Crippen LogP contribution in [0.15, 0.2) is 12.7 Å². The average molecular weight is 149 g/mol. The summed E-state index contributed by atoms with van der Waals surface area (Å²) < 4.78 is 0. The molecule has 1 N–H and O–H groups in total. The fraction of sp³-hybridized carbons (Fsp3) is 0.750. The van der Waals surface area contributed by atoms with Crippen LogP contribution in [-0.2, 0) is 0 Å². The van der Waals surface area contributed by atoms with Crippen LogP contribution in [0, 0.1) is 5.92 Å². The molecule has 0 aliphatic heterocycles. The van der Waals surface area contributed by atoms with E-state index in [0.29, 0.717) is 11.7 Å². The molecule has 0 heterocycles. The first-order chi connectivity index (χ1) is 5.11. The van der Waals surface area contributed by atoms with Crippen molar-refractivity contribution in [3.63, 3.8) is 0 Å². The molecule has 2 unspecified atom stereocenters. The van der Waals surface area contributed by atoms with Crippen LogP contribution in [0.25, 0.3) is 0 Å². The molecular formula is C8H15B2O. The molecule has 0 saturated carbocycles. The molecule has 0 aliphatic rings. The lowest BCUT2D eigenvalue weighted by atomic mass is 9.50. The Bertz CT molecular complexity index is 115. The summed E-state index contributed by atoms with van der Waals surface area (Å²) in [7, 11) is 6.98. The third kappa shape index (κ3) is 4.31. The van der Waals surface area contributed by atoms with Crippen LogP contribution < -0.4 is 0 Å². The van der Waals surface area contributed by atoms with Gasteiger partial charge in [0.15, 0.2) is 0 Å². The summed E-state index contributed by atoms with van der Waals surface area (Å²) in [5, 5.41) is 8.89. The molecule has 0 aromatic rings. The van der Waals surface area contributed by atoms with Crippen LogP contribution in [0.5, 0.6) is 0 Å². The molecule has 3 radical (unpaired) electrons. The van der Waals surface area contributed by atoms with Crippen molar-refractivity contribution < 1.29 is 5.11 Å². The van der Waals surface area contributed by atoms with Gasteiger partial charge in [0.05, 0.1) is 7.85 Å². The summed E-state index contributed by atoms with van der Waals surface area (Å²) in [4.78, 5) is 0. The van der Waals surface area contributed by atoms with Gasteiger partial charge >= 0.3 is 0 Å². The smallest absolute Gasteiger partial charge is 0.140 e. The fourth-order valence-electron chi connectivity index (χ4n) is 1.11. The van der Waals surface area contributed by atoms with Crippen molar-refractivity contribution in [2.75, 3.05) is 0 Å². The van der Waals surface area contributed by atoms with Gasteiger partial charge < -0.3 is 5.11 Å². The number of aliphatic hydroxyl groups excluding tert-OH is 1. The van der Waals surface area contributed by atoms with Crippen molar-refractivity contribution in [2.45, 2.75) is 32.0 Å². The molecule has 3 heteroatoms. The minimum atomic E-state index is -0.803. The lowest BCUT2D eigenvalue weighted by Gasteiger charge is -2.19. The summed E-state index contributed by atoms with van der Waals surface area (Å²) in [5.74, 6) is -0.0759. The minimum absolute atomic E-state index is 0.340. The molecule has 0 saturated heterocycles. The van der Waals surface area contributed by atoms with E-state index < -0.39 is 5.90 Å². The molecule has 1 nitrogen and oxygen atoms in total. The highest BCUT2D eigenvalue weighted by Crippen LogP contribution is 2.21. The second-order valence-electron chi connectivity index (χ2n) is 2.85. The van der Waals surface area contributed by atoms with Crippen molar-refractivity contribution in [2.24, 2.45) is 5.92 Å². The third-order valence-corrected chi connectivity index (χ3v) is 1.96. The van der Waals surface area contributed by atoms with E-state index in [9.17, 15) is 0 Å². The van der Waals surface area contributed by atoms with E-state index in [1.54, 1.807) is 7.28 Å². The molecule has 3 atom stereocenters. The first kappa shape index (κ1) is 10.8. The van der Waals surface area contributed by atoms with Crippen LogP contribution in [0.2, 0.25) is 5.82 Å². The second kappa shape index (κ2) is 5.48. The predicted molar refractivity (Wildman–Crippen MR) is 50.9 cm³/mol. The highest BCUT2D eigenvalue weighted by atomic mass is 16.3. The summed E-state index contributed by atoms with van der Waals surface area (Å²) in [6, 6.07) is 0. The van der Waals surface area contributed by atoms with Gasteiger partial charge in [0, 0.05) is 0 Å². The van der Waals surface area contributed by atoms with Gasteiger partial charge in [0.25, 0.3) is 0 Å². The zero-order chi connectivity index (χ0) is 8.85. The lowest BCUT2D eigenvalue weighted by Crippen LogP contribution is -2.23. The Morgan fingerprint density at radius 3 is 2.55 bits per heavy atom. The van der Waals surface area contributed by atoms with Crippen molar-refractivity contribution in [1.29, 1.82) is 0 Å². The lowest BCUT2D eigenvalue weighted by molar-refractivity contribution is 0.324. The van der Waals surface area contributed by atoms with E-state index in [2.05, 4.69) is 20.4 Å². The van der Waals surface area contributed by atoms with E-state index in [0.717, 1.165) is 6.42 Å². The van der Waals surface area contributed by atoms with Gasteiger partial charge in [-0.2, -0.15) is 0 Å². The Morgan fingerprint density at radius 2 is 2.27 bits per heavy atom. The van der Waals surface area contributed by atoms with E-state index in [1.807, 2.05) is 6.08 Å². The molecule has 59 valence electrons. The largest absolute Gasteiger partial charge is 0.411 e. The maximum Gasteiger partial charge on any atom is 0.140 e. The molecule has 0 fully saturated rings. The molecule has 0 amide bonds. The molecular weight excluding hydrogens is 134 g/mol. The number of aliphatic hydroxyl groups is 1. The molecule has 0 aromatic heterocycles. The molecule has 0 spiro atoms. The van der Waals surface area contributed by atoms with Gasteiger partial charge in [-0.1, -0.05) is 32.2 Å². The number of allylic oxidation sites excluding steroid dienone is 1. The number of hydrogen-bond acceptors (Lipinski definition) is 1. The summed E-state index contributed by atoms with van der Waals surface area (Å²) >= 11 is 0. The zero-order valence-corrected chi connectivity index (χ0v) is 7.33. The standard InChI is InChI=1S/C8H15B2O/c1-4-6(3)7(5-2)10-8(9)11/h4,6-8,11H,1,5H2,2-3H3/t6-,7?,8?/m1/s1. The van der Waals surface area contributed by atoms with Gasteiger partial charge in [-0.25, -0.2) is 0 Å². The summed E-state index contributed by atoms with van der Waals surface area (Å²) in [6.07, 6.45) is 2.87. The normalized spacial score (nSPS) is 18.5. The Hall–Kier alpha value is -0.170. The van der Waals surface area contributed by atoms with Crippen molar-refractivity contribution in [1.82, 2.24) is 0 Å². The summed E-state index contributed by atoms with van der Waals surface area (Å²) in [6.45, 7) is 7.84. The van der Waals surface area contributed by atoms with Gasteiger partial charge in [0.1, 0.15) is 7.28 Å². The zero-order valence-electron chi connectivity index (χ0n) is 7.33. The third-order valence-electron chi connectivity index (χ3n) is 1.96. The quantitative estimate of drug-likeness (QED) is 0.459. The first-order valence-corrected chi connectivity index (χ1v) is 4.03. The molecule has 0 aliphatic carbocycles. The minimum Gasteiger partial charge on any atom is -0.411 e. The highest BCUT2D eigenvalue weighted by molar-refractivity contribution is 6.51. The first-order valence-electron chi connectivity index (χ1n) is 4.03. The van der Waals surface area contributed by atoms with Crippen LogP contribution in [0.4, 0.5) is 0 Å². The van der Waals surface area contributed by atoms with E-state index >= 15 is 0 Å². The van der Waals surface area contributed by atoms with Gasteiger partial charge in [-0.05, 0) is 11.8 Å². The van der Waals surface area contributed by atoms with Crippen molar-refractivity contribution in [3.05, 3.63) is 12.7 Å². The van der Waals surface area contributed by atoms with E-state index in [4.69, 9.17) is 13.0 Å². The second-order valence-corrected chi connectivity index (χ2v) is 2.85. The molecule has 0 aromatic carbocycles. The molecule has 0 rings (SSSR count). The monoisotopic (exact) mass is 149 g/mol. The van der Waals surface area contributed by atoms with Crippen molar-refractivity contribution >= 4 is 15.1 Å². The Balaban J connectivity index is 3.83. The van der Waals surface area contributed by atoms with Gasteiger partial charge in [-0.3, -0.25) is 0 Å². The number of hydrogen-bond donors (Lipinski definition) is 1. The number of rotatable bonds is 5. The van der Waals surface area contributed by atoms with Crippen LogP contribution >= 0.6 is 0 Å². The van der Waals surface area contributed by atoms with Crippen LogP contribution in [-0.4, -0.2) is 26.1 Å².